The van der Waals surface area contributed by atoms with Crippen molar-refractivity contribution in [3.8, 4) is 5.75 Å². The number of nitrogens with zero attached hydrogens (tertiary/aromatic N) is 2. The van der Waals surface area contributed by atoms with Crippen molar-refractivity contribution in [3.63, 3.8) is 0 Å². The average Bonchev–Trinajstić information content (AvgIpc) is 3.14. The lowest BCUT2D eigenvalue weighted by Gasteiger charge is -2.38. The predicted octanol–water partition coefficient (Wildman–Crippen LogP) is 1.47. The highest BCUT2D eigenvalue weighted by atomic mass is 19.1. The lowest BCUT2D eigenvalue weighted by Crippen LogP contribution is -2.57. The fourth-order valence-corrected chi connectivity index (χ4v) is 3.11. The molecule has 0 unspecified atom stereocenters. The number of carbonyl (C=O) groups is 1. The molecule has 2 heterocycles. The molecule has 1 aliphatic heterocycles. The molecule has 2 N–H and O–H groups in total. The number of benzene rings is 1. The number of carbonyl (C=O) groups excluding carboxylic acids is 1. The Morgan fingerprint density at radius 2 is 2.31 bits per heavy atom. The van der Waals surface area contributed by atoms with Gasteiger partial charge in [0, 0.05) is 37.8 Å². The van der Waals surface area contributed by atoms with Crippen LogP contribution < -0.4 is 10.1 Å². The summed E-state index contributed by atoms with van der Waals surface area (Å²) in [5.74, 6) is -0.286. The summed E-state index contributed by atoms with van der Waals surface area (Å²) in [6, 6.07) is 6.12. The number of aliphatic hydroxyl groups is 1. The fraction of sp³-hybridized carbons (Fsp3) is 0.444. The lowest BCUT2D eigenvalue weighted by atomic mass is 9.91. The topological polar surface area (TPSA) is 87.8 Å². The third-order valence-corrected chi connectivity index (χ3v) is 4.53. The van der Waals surface area contributed by atoms with Crippen molar-refractivity contribution < 1.29 is 23.6 Å². The van der Waals surface area contributed by atoms with Crippen molar-refractivity contribution in [2.75, 3.05) is 20.2 Å². The second-order valence-electron chi connectivity index (χ2n) is 6.41. The molecule has 1 aromatic heterocycles. The van der Waals surface area contributed by atoms with Gasteiger partial charge in [-0.1, -0.05) is 5.16 Å². The number of aromatic nitrogens is 1. The van der Waals surface area contributed by atoms with E-state index in [0.29, 0.717) is 42.9 Å². The van der Waals surface area contributed by atoms with Gasteiger partial charge in [-0.25, -0.2) is 4.39 Å². The van der Waals surface area contributed by atoms with E-state index in [1.807, 2.05) is 0 Å². The number of nitrogens with one attached hydrogen (secondary N) is 1. The van der Waals surface area contributed by atoms with Crippen LogP contribution in [0.15, 0.2) is 35.1 Å². The molecule has 7 nitrogen and oxygen atoms in total. The Balaban J connectivity index is 1.65. The molecule has 1 fully saturated rings. The molecule has 1 atom stereocenters. The van der Waals surface area contributed by atoms with E-state index in [1.165, 1.54) is 30.4 Å². The number of methoxy groups -OCH3 is 1. The molecule has 0 radical (unpaired) electrons. The summed E-state index contributed by atoms with van der Waals surface area (Å²) in [6.07, 6.45) is 2.45. The first-order chi connectivity index (χ1) is 12.5. The minimum absolute atomic E-state index is 0.0907. The third-order valence-electron chi connectivity index (χ3n) is 4.53. The summed E-state index contributed by atoms with van der Waals surface area (Å²) >= 11 is 0. The molecule has 1 saturated heterocycles. The van der Waals surface area contributed by atoms with Crippen LogP contribution in [0.1, 0.15) is 24.1 Å². The number of ether oxygens (including phenoxy) is 1. The average molecular weight is 363 g/mol. The smallest absolute Gasteiger partial charge is 0.256 e. The summed E-state index contributed by atoms with van der Waals surface area (Å²) < 4.78 is 23.9. The first-order valence-corrected chi connectivity index (χ1v) is 8.46. The molecule has 0 spiro atoms. The summed E-state index contributed by atoms with van der Waals surface area (Å²) in [5.41, 5.74) is -0.471. The quantitative estimate of drug-likeness (QED) is 0.775. The third kappa shape index (κ3) is 4.03. The Morgan fingerprint density at radius 3 is 3.04 bits per heavy atom. The van der Waals surface area contributed by atoms with Crippen LogP contribution in [0.4, 0.5) is 4.39 Å². The van der Waals surface area contributed by atoms with E-state index in [4.69, 9.17) is 9.26 Å². The Kier molecular flexibility index (Phi) is 5.53. The monoisotopic (exact) mass is 363 g/mol. The Bertz CT molecular complexity index is 753. The van der Waals surface area contributed by atoms with E-state index in [9.17, 15) is 14.3 Å². The van der Waals surface area contributed by atoms with Crippen molar-refractivity contribution in [1.29, 1.82) is 0 Å². The van der Waals surface area contributed by atoms with Crippen molar-refractivity contribution in [2.24, 2.45) is 0 Å². The van der Waals surface area contributed by atoms with Crippen LogP contribution in [0.2, 0.25) is 0 Å². The number of halogens is 1. The van der Waals surface area contributed by atoms with Gasteiger partial charge in [-0.2, -0.15) is 0 Å². The zero-order valence-corrected chi connectivity index (χ0v) is 14.6. The van der Waals surface area contributed by atoms with Crippen molar-refractivity contribution in [1.82, 2.24) is 15.4 Å². The van der Waals surface area contributed by atoms with Crippen molar-refractivity contribution in [3.05, 3.63) is 47.6 Å². The number of amides is 1. The summed E-state index contributed by atoms with van der Waals surface area (Å²) in [6.45, 7) is 1.04. The minimum Gasteiger partial charge on any atom is -0.497 e. The van der Waals surface area contributed by atoms with Crippen molar-refractivity contribution in [2.45, 2.75) is 31.5 Å². The first kappa shape index (κ1) is 18.3. The van der Waals surface area contributed by atoms with Crippen LogP contribution in [0, 0.1) is 5.82 Å². The van der Waals surface area contributed by atoms with Crippen LogP contribution >= 0.6 is 0 Å². The molecule has 0 bridgehead atoms. The van der Waals surface area contributed by atoms with Gasteiger partial charge in [0.1, 0.15) is 17.8 Å². The first-order valence-electron chi connectivity index (χ1n) is 8.46. The molecule has 0 aliphatic carbocycles. The highest BCUT2D eigenvalue weighted by Crippen LogP contribution is 2.25. The van der Waals surface area contributed by atoms with Gasteiger partial charge in [0.05, 0.1) is 12.8 Å². The highest BCUT2D eigenvalue weighted by Gasteiger charge is 2.41. The summed E-state index contributed by atoms with van der Waals surface area (Å²) in [5, 5.41) is 17.6. The summed E-state index contributed by atoms with van der Waals surface area (Å²) in [7, 11) is 1.50. The molecule has 2 aromatic rings. The highest BCUT2D eigenvalue weighted by molar-refractivity contribution is 5.86. The van der Waals surface area contributed by atoms with Gasteiger partial charge in [0.15, 0.2) is 5.60 Å². The van der Waals surface area contributed by atoms with Gasteiger partial charge in [0.25, 0.3) is 5.91 Å². The molecular weight excluding hydrogens is 341 g/mol. The Morgan fingerprint density at radius 1 is 1.46 bits per heavy atom. The van der Waals surface area contributed by atoms with E-state index < -0.39 is 17.3 Å². The van der Waals surface area contributed by atoms with Gasteiger partial charge in [-0.3, -0.25) is 4.79 Å². The molecule has 8 heteroatoms. The van der Waals surface area contributed by atoms with E-state index in [0.717, 1.165) is 0 Å². The number of rotatable bonds is 7. The molecule has 1 amide bonds. The molecule has 1 aromatic carbocycles. The maximum absolute atomic E-state index is 14.1. The van der Waals surface area contributed by atoms with Gasteiger partial charge in [-0.05, 0) is 31.0 Å². The maximum Gasteiger partial charge on any atom is 0.256 e. The Hall–Kier alpha value is -2.45. The number of likely N-dealkylation sites (tertiary alicyclic amines) is 1. The van der Waals surface area contributed by atoms with Gasteiger partial charge in [-0.15, -0.1) is 0 Å². The molecule has 140 valence electrons. The van der Waals surface area contributed by atoms with Gasteiger partial charge < -0.3 is 24.6 Å². The molecule has 1 aliphatic rings. The lowest BCUT2D eigenvalue weighted by molar-refractivity contribution is -0.157. The Labute approximate surface area is 150 Å². The minimum atomic E-state index is -1.52. The van der Waals surface area contributed by atoms with E-state index in [2.05, 4.69) is 10.5 Å². The SMILES string of the molecule is COc1ccc(F)c(CN2CCC[C@](O)(CNCc3ccon3)C2=O)c1. The van der Waals surface area contributed by atoms with Crippen molar-refractivity contribution >= 4 is 5.91 Å². The molecule has 3 rings (SSSR count). The number of hydrogen-bond donors (Lipinski definition) is 2. The number of hydrogen-bond acceptors (Lipinski definition) is 6. The second kappa shape index (κ2) is 7.84. The fourth-order valence-electron chi connectivity index (χ4n) is 3.11. The van der Waals surface area contributed by atoms with E-state index >= 15 is 0 Å². The van der Waals surface area contributed by atoms with Crippen LogP contribution in [-0.4, -0.2) is 46.9 Å². The van der Waals surface area contributed by atoms with E-state index in [-0.39, 0.29) is 13.1 Å². The standard InChI is InChI=1S/C18H22FN3O4/c1-25-15-3-4-16(19)13(9-15)11-22-7-2-6-18(24,17(22)23)12-20-10-14-5-8-26-21-14/h3-5,8-9,20,24H,2,6-7,10-12H2,1H3/t18-/m0/s1. The van der Waals surface area contributed by atoms with Crippen LogP contribution in [-0.2, 0) is 17.9 Å². The zero-order chi connectivity index (χ0) is 18.6. The number of piperidine rings is 1. The maximum atomic E-state index is 14.1. The van der Waals surface area contributed by atoms with Crippen LogP contribution in [0.3, 0.4) is 0 Å². The summed E-state index contributed by atoms with van der Waals surface area (Å²) in [4.78, 5) is 14.2. The largest absolute Gasteiger partial charge is 0.497 e. The van der Waals surface area contributed by atoms with Crippen LogP contribution in [0.5, 0.6) is 5.75 Å². The molecule has 26 heavy (non-hydrogen) atoms. The predicted molar refractivity (Wildman–Crippen MR) is 90.8 cm³/mol. The molecule has 0 saturated carbocycles. The van der Waals surface area contributed by atoms with Crippen LogP contribution in [0.25, 0.3) is 0 Å². The zero-order valence-electron chi connectivity index (χ0n) is 14.6. The molecular formula is C18H22FN3O4. The normalized spacial score (nSPS) is 20.4. The van der Waals surface area contributed by atoms with Gasteiger partial charge >= 0.3 is 0 Å². The second-order valence-corrected chi connectivity index (χ2v) is 6.41. The van der Waals surface area contributed by atoms with Gasteiger partial charge in [0.2, 0.25) is 0 Å². The van der Waals surface area contributed by atoms with E-state index in [1.54, 1.807) is 12.1 Å².